The molecular formula is C20H26N4O2. The van der Waals surface area contributed by atoms with Gasteiger partial charge < -0.3 is 9.32 Å². The van der Waals surface area contributed by atoms with Crippen LogP contribution in [0.2, 0.25) is 0 Å². The molecule has 0 radical (unpaired) electrons. The van der Waals surface area contributed by atoms with Crippen LogP contribution in [0.25, 0.3) is 0 Å². The summed E-state index contributed by atoms with van der Waals surface area (Å²) in [6, 6.07) is 7.87. The zero-order chi connectivity index (χ0) is 17.8. The molecule has 2 aromatic heterocycles. The SMILES string of the molecule is O=C(c1ccc(CN2CCCC2)o1)N1CCN(Cc2ccncc2)CC1. The monoisotopic (exact) mass is 354 g/mol. The summed E-state index contributed by atoms with van der Waals surface area (Å²) in [7, 11) is 0. The van der Waals surface area contributed by atoms with Gasteiger partial charge >= 0.3 is 0 Å². The van der Waals surface area contributed by atoms with Crippen molar-refractivity contribution in [1.29, 1.82) is 0 Å². The number of carbonyl (C=O) groups excluding carboxylic acids is 1. The van der Waals surface area contributed by atoms with Crippen LogP contribution < -0.4 is 0 Å². The summed E-state index contributed by atoms with van der Waals surface area (Å²) in [6.07, 6.45) is 6.17. The maximum atomic E-state index is 12.7. The highest BCUT2D eigenvalue weighted by Crippen LogP contribution is 2.17. The molecule has 1 amide bonds. The van der Waals surface area contributed by atoms with E-state index in [1.54, 1.807) is 0 Å². The van der Waals surface area contributed by atoms with Crippen molar-refractivity contribution in [2.45, 2.75) is 25.9 Å². The van der Waals surface area contributed by atoms with Gasteiger partial charge in [0.25, 0.3) is 5.91 Å². The van der Waals surface area contributed by atoms with E-state index in [0.29, 0.717) is 5.76 Å². The molecule has 0 aromatic carbocycles. The van der Waals surface area contributed by atoms with Crippen LogP contribution in [-0.2, 0) is 13.1 Å². The van der Waals surface area contributed by atoms with Gasteiger partial charge in [-0.25, -0.2) is 0 Å². The van der Waals surface area contributed by atoms with E-state index in [0.717, 1.165) is 58.1 Å². The molecule has 0 bridgehead atoms. The van der Waals surface area contributed by atoms with Crippen molar-refractivity contribution in [2.75, 3.05) is 39.3 Å². The zero-order valence-electron chi connectivity index (χ0n) is 15.1. The summed E-state index contributed by atoms with van der Waals surface area (Å²) in [5, 5.41) is 0. The average Bonchev–Trinajstić information content (AvgIpc) is 3.35. The third-order valence-electron chi connectivity index (χ3n) is 5.27. The second-order valence-electron chi connectivity index (χ2n) is 7.17. The molecule has 2 aliphatic heterocycles. The van der Waals surface area contributed by atoms with Crippen molar-refractivity contribution in [2.24, 2.45) is 0 Å². The van der Waals surface area contributed by atoms with Gasteiger partial charge in [-0.3, -0.25) is 19.6 Å². The first-order valence-electron chi connectivity index (χ1n) is 9.49. The maximum Gasteiger partial charge on any atom is 0.289 e. The Morgan fingerprint density at radius 1 is 0.885 bits per heavy atom. The average molecular weight is 354 g/mol. The van der Waals surface area contributed by atoms with E-state index in [4.69, 9.17) is 4.42 Å². The summed E-state index contributed by atoms with van der Waals surface area (Å²) in [5.74, 6) is 1.38. The van der Waals surface area contributed by atoms with Gasteiger partial charge in [0.05, 0.1) is 6.54 Å². The Bertz CT molecular complexity index is 716. The number of furan rings is 1. The molecule has 0 spiro atoms. The van der Waals surface area contributed by atoms with Gasteiger partial charge in [-0.1, -0.05) is 0 Å². The lowest BCUT2D eigenvalue weighted by atomic mass is 10.2. The van der Waals surface area contributed by atoms with Crippen LogP contribution in [0.15, 0.2) is 41.1 Å². The van der Waals surface area contributed by atoms with Gasteiger partial charge in [-0.05, 0) is 55.8 Å². The summed E-state index contributed by atoms with van der Waals surface area (Å²) in [4.78, 5) is 23.4. The van der Waals surface area contributed by atoms with E-state index in [-0.39, 0.29) is 5.91 Å². The number of nitrogens with zero attached hydrogens (tertiary/aromatic N) is 4. The molecule has 6 heteroatoms. The number of hydrogen-bond donors (Lipinski definition) is 0. The molecule has 0 aliphatic carbocycles. The van der Waals surface area contributed by atoms with Crippen LogP contribution in [0.1, 0.15) is 34.7 Å². The molecule has 26 heavy (non-hydrogen) atoms. The van der Waals surface area contributed by atoms with Gasteiger partial charge in [0.1, 0.15) is 5.76 Å². The standard InChI is InChI=1S/C20H26N4O2/c25-20(19-4-3-18(26-19)16-22-9-1-2-10-22)24-13-11-23(12-14-24)15-17-5-7-21-8-6-17/h3-8H,1-2,9-16H2. The second-order valence-corrected chi connectivity index (χ2v) is 7.17. The number of likely N-dealkylation sites (tertiary alicyclic amines) is 1. The highest BCUT2D eigenvalue weighted by Gasteiger charge is 2.24. The molecule has 4 rings (SSSR count). The van der Waals surface area contributed by atoms with Gasteiger partial charge in [0, 0.05) is 45.1 Å². The quantitative estimate of drug-likeness (QED) is 0.824. The van der Waals surface area contributed by atoms with E-state index < -0.39 is 0 Å². The fourth-order valence-corrected chi connectivity index (χ4v) is 3.75. The van der Waals surface area contributed by atoms with E-state index in [9.17, 15) is 4.79 Å². The molecule has 2 saturated heterocycles. The molecule has 4 heterocycles. The Labute approximate surface area is 154 Å². The topological polar surface area (TPSA) is 52.8 Å². The number of aromatic nitrogens is 1. The number of amides is 1. The zero-order valence-corrected chi connectivity index (χ0v) is 15.1. The summed E-state index contributed by atoms with van der Waals surface area (Å²) >= 11 is 0. The van der Waals surface area contributed by atoms with E-state index in [1.165, 1.54) is 18.4 Å². The van der Waals surface area contributed by atoms with Gasteiger partial charge in [-0.2, -0.15) is 0 Å². The Hall–Kier alpha value is -2.18. The van der Waals surface area contributed by atoms with Crippen LogP contribution in [0.4, 0.5) is 0 Å². The smallest absolute Gasteiger partial charge is 0.289 e. The first-order valence-corrected chi connectivity index (χ1v) is 9.49. The van der Waals surface area contributed by atoms with Crippen LogP contribution in [0.5, 0.6) is 0 Å². The summed E-state index contributed by atoms with van der Waals surface area (Å²) in [5.41, 5.74) is 1.26. The predicted octanol–water partition coefficient (Wildman–Crippen LogP) is 2.23. The molecule has 0 atom stereocenters. The highest BCUT2D eigenvalue weighted by atomic mass is 16.4. The van der Waals surface area contributed by atoms with Crippen LogP contribution in [0.3, 0.4) is 0 Å². The molecule has 0 N–H and O–H groups in total. The number of hydrogen-bond acceptors (Lipinski definition) is 5. The minimum absolute atomic E-state index is 0.0150. The molecular weight excluding hydrogens is 328 g/mol. The van der Waals surface area contributed by atoms with Crippen molar-refractivity contribution >= 4 is 5.91 Å². The maximum absolute atomic E-state index is 12.7. The van der Waals surface area contributed by atoms with E-state index in [1.807, 2.05) is 41.6 Å². The van der Waals surface area contributed by atoms with Gasteiger partial charge in [0.15, 0.2) is 5.76 Å². The van der Waals surface area contributed by atoms with Crippen molar-refractivity contribution in [1.82, 2.24) is 19.7 Å². The molecule has 0 saturated carbocycles. The second kappa shape index (κ2) is 8.01. The number of piperazine rings is 1. The number of carbonyl (C=O) groups is 1. The third kappa shape index (κ3) is 4.14. The summed E-state index contributed by atoms with van der Waals surface area (Å²) in [6.45, 7) is 7.23. The molecule has 0 unspecified atom stereocenters. The van der Waals surface area contributed by atoms with Crippen LogP contribution >= 0.6 is 0 Å². The molecule has 2 aromatic rings. The number of rotatable bonds is 5. The van der Waals surface area contributed by atoms with Crippen molar-refractivity contribution in [3.63, 3.8) is 0 Å². The molecule has 138 valence electrons. The van der Waals surface area contributed by atoms with E-state index >= 15 is 0 Å². The summed E-state index contributed by atoms with van der Waals surface area (Å²) < 4.78 is 5.83. The van der Waals surface area contributed by atoms with Crippen molar-refractivity contribution in [3.05, 3.63) is 53.7 Å². The Balaban J connectivity index is 1.28. The van der Waals surface area contributed by atoms with Gasteiger partial charge in [0.2, 0.25) is 0 Å². The third-order valence-corrected chi connectivity index (χ3v) is 5.27. The largest absolute Gasteiger partial charge is 0.455 e. The van der Waals surface area contributed by atoms with Crippen molar-refractivity contribution in [3.8, 4) is 0 Å². The lowest BCUT2D eigenvalue weighted by molar-refractivity contribution is 0.0594. The highest BCUT2D eigenvalue weighted by molar-refractivity contribution is 5.91. The van der Waals surface area contributed by atoms with E-state index in [2.05, 4.69) is 14.8 Å². The lowest BCUT2D eigenvalue weighted by Crippen LogP contribution is -2.48. The Kier molecular flexibility index (Phi) is 5.32. The lowest BCUT2D eigenvalue weighted by Gasteiger charge is -2.34. The van der Waals surface area contributed by atoms with Crippen LogP contribution in [0, 0.1) is 0 Å². The molecule has 2 aliphatic rings. The normalized spacial score (nSPS) is 19.2. The Morgan fingerprint density at radius 3 is 2.31 bits per heavy atom. The van der Waals surface area contributed by atoms with Crippen LogP contribution in [-0.4, -0.2) is 64.9 Å². The molecule has 6 nitrogen and oxygen atoms in total. The molecule has 2 fully saturated rings. The first kappa shape index (κ1) is 17.2. The minimum Gasteiger partial charge on any atom is -0.455 e. The number of pyridine rings is 1. The fraction of sp³-hybridized carbons (Fsp3) is 0.500. The fourth-order valence-electron chi connectivity index (χ4n) is 3.75. The first-order chi connectivity index (χ1) is 12.8. The Morgan fingerprint density at radius 2 is 1.58 bits per heavy atom. The van der Waals surface area contributed by atoms with Crippen molar-refractivity contribution < 1.29 is 9.21 Å². The minimum atomic E-state index is 0.0150. The predicted molar refractivity (Wildman–Crippen MR) is 98.6 cm³/mol. The van der Waals surface area contributed by atoms with Gasteiger partial charge in [-0.15, -0.1) is 0 Å².